The molecule has 0 bridgehead atoms. The van der Waals surface area contributed by atoms with Crippen molar-refractivity contribution in [3.05, 3.63) is 24.3 Å². The molecular formula is C15H21N3. The minimum absolute atomic E-state index is 0.460. The Bertz CT molecular complexity index is 508. The summed E-state index contributed by atoms with van der Waals surface area (Å²) in [5.74, 6) is 0.916. The fraction of sp³-hybridized carbons (Fsp3) is 0.533. The lowest BCUT2D eigenvalue weighted by molar-refractivity contribution is 0.229. The molecule has 2 aromatic rings. The summed E-state index contributed by atoms with van der Waals surface area (Å²) >= 11 is 0. The second-order valence-corrected chi connectivity index (χ2v) is 6.20. The van der Waals surface area contributed by atoms with E-state index < -0.39 is 0 Å². The van der Waals surface area contributed by atoms with Gasteiger partial charge in [-0.05, 0) is 36.8 Å². The number of imidazole rings is 1. The Balaban J connectivity index is 1.76. The summed E-state index contributed by atoms with van der Waals surface area (Å²) in [6.45, 7) is 4.72. The summed E-state index contributed by atoms with van der Waals surface area (Å²) < 4.78 is 0. The van der Waals surface area contributed by atoms with Crippen LogP contribution in [0.3, 0.4) is 0 Å². The van der Waals surface area contributed by atoms with E-state index in [2.05, 4.69) is 35.2 Å². The van der Waals surface area contributed by atoms with Crippen LogP contribution in [-0.2, 0) is 0 Å². The van der Waals surface area contributed by atoms with Crippen LogP contribution < -0.4 is 5.32 Å². The zero-order chi connectivity index (χ0) is 12.6. The molecule has 1 aromatic carbocycles. The zero-order valence-electron chi connectivity index (χ0n) is 11.2. The van der Waals surface area contributed by atoms with Crippen LogP contribution in [0.4, 0.5) is 5.95 Å². The molecule has 0 radical (unpaired) electrons. The molecule has 1 aromatic heterocycles. The fourth-order valence-electron chi connectivity index (χ4n) is 3.04. The van der Waals surface area contributed by atoms with Crippen LogP contribution in [-0.4, -0.2) is 16.0 Å². The smallest absolute Gasteiger partial charge is 0.201 e. The molecule has 96 valence electrons. The molecule has 1 heterocycles. The number of H-pyrrole nitrogens is 1. The number of nitrogens with zero attached hydrogens (tertiary/aromatic N) is 1. The Hall–Kier alpha value is -1.51. The Morgan fingerprint density at radius 1 is 1.33 bits per heavy atom. The molecule has 2 N–H and O–H groups in total. The molecule has 1 unspecified atom stereocenters. The van der Waals surface area contributed by atoms with E-state index in [-0.39, 0.29) is 0 Å². The number of anilines is 1. The number of rotatable bonds is 2. The molecular weight excluding hydrogens is 222 g/mol. The van der Waals surface area contributed by atoms with Crippen LogP contribution >= 0.6 is 0 Å². The largest absolute Gasteiger partial charge is 0.353 e. The molecule has 18 heavy (non-hydrogen) atoms. The summed E-state index contributed by atoms with van der Waals surface area (Å²) in [4.78, 5) is 7.94. The number of aromatic amines is 1. The Labute approximate surface area is 108 Å². The van der Waals surface area contributed by atoms with Gasteiger partial charge in [-0.15, -0.1) is 0 Å². The van der Waals surface area contributed by atoms with Gasteiger partial charge in [0.15, 0.2) is 0 Å². The minimum Gasteiger partial charge on any atom is -0.353 e. The standard InChI is InChI=1S/C15H21N3/c1-15(2)9-5-6-11(10-15)16-14-17-12-7-3-4-8-13(12)18-14/h3-4,7-8,11H,5-6,9-10H2,1-2H3,(H2,16,17,18). The van der Waals surface area contributed by atoms with Crippen LogP contribution in [0, 0.1) is 5.41 Å². The highest BCUT2D eigenvalue weighted by atomic mass is 15.1. The van der Waals surface area contributed by atoms with Crippen LogP contribution in [0.2, 0.25) is 0 Å². The molecule has 1 aliphatic carbocycles. The van der Waals surface area contributed by atoms with E-state index in [1.165, 1.54) is 25.7 Å². The van der Waals surface area contributed by atoms with E-state index in [4.69, 9.17) is 0 Å². The van der Waals surface area contributed by atoms with Crippen molar-refractivity contribution < 1.29 is 0 Å². The Morgan fingerprint density at radius 3 is 2.94 bits per heavy atom. The van der Waals surface area contributed by atoms with E-state index in [1.807, 2.05) is 18.2 Å². The van der Waals surface area contributed by atoms with Crippen LogP contribution in [0.15, 0.2) is 24.3 Å². The number of para-hydroxylation sites is 2. The maximum atomic E-state index is 4.59. The molecule has 3 nitrogen and oxygen atoms in total. The summed E-state index contributed by atoms with van der Waals surface area (Å²) in [6.07, 6.45) is 5.13. The average molecular weight is 243 g/mol. The van der Waals surface area contributed by atoms with Gasteiger partial charge in [0.25, 0.3) is 0 Å². The predicted molar refractivity (Wildman–Crippen MR) is 75.8 cm³/mol. The van der Waals surface area contributed by atoms with Gasteiger partial charge in [0, 0.05) is 6.04 Å². The molecule has 1 atom stereocenters. The summed E-state index contributed by atoms with van der Waals surface area (Å²) in [7, 11) is 0. The van der Waals surface area contributed by atoms with Crippen molar-refractivity contribution in [2.24, 2.45) is 5.41 Å². The van der Waals surface area contributed by atoms with E-state index in [0.717, 1.165) is 17.0 Å². The number of hydrogen-bond acceptors (Lipinski definition) is 2. The first kappa shape index (κ1) is 11.6. The number of nitrogens with one attached hydrogen (secondary N) is 2. The summed E-state index contributed by atoms with van der Waals surface area (Å²) in [6, 6.07) is 8.72. The van der Waals surface area contributed by atoms with Gasteiger partial charge < -0.3 is 10.3 Å². The second-order valence-electron chi connectivity index (χ2n) is 6.20. The van der Waals surface area contributed by atoms with Crippen molar-refractivity contribution in [3.8, 4) is 0 Å². The highest BCUT2D eigenvalue weighted by molar-refractivity contribution is 5.77. The normalized spacial score (nSPS) is 23.1. The molecule has 0 saturated heterocycles. The van der Waals surface area contributed by atoms with Crippen LogP contribution in [0.1, 0.15) is 39.5 Å². The first-order chi connectivity index (χ1) is 8.62. The number of benzene rings is 1. The van der Waals surface area contributed by atoms with Crippen molar-refractivity contribution in [3.63, 3.8) is 0 Å². The van der Waals surface area contributed by atoms with Gasteiger partial charge in [0.05, 0.1) is 11.0 Å². The molecule has 0 spiro atoms. The van der Waals surface area contributed by atoms with E-state index in [1.54, 1.807) is 0 Å². The van der Waals surface area contributed by atoms with Gasteiger partial charge in [-0.3, -0.25) is 0 Å². The van der Waals surface area contributed by atoms with Gasteiger partial charge in [-0.25, -0.2) is 4.98 Å². The average Bonchev–Trinajstić information content (AvgIpc) is 2.69. The lowest BCUT2D eigenvalue weighted by atomic mass is 9.75. The molecule has 3 rings (SSSR count). The maximum absolute atomic E-state index is 4.59. The third-order valence-corrected chi connectivity index (χ3v) is 3.94. The summed E-state index contributed by atoms with van der Waals surface area (Å²) in [5, 5.41) is 3.56. The lowest BCUT2D eigenvalue weighted by Crippen LogP contribution is -2.32. The minimum atomic E-state index is 0.460. The number of fused-ring (bicyclic) bond motifs is 1. The predicted octanol–water partition coefficient (Wildman–Crippen LogP) is 3.94. The molecule has 0 aliphatic heterocycles. The van der Waals surface area contributed by atoms with Crippen molar-refractivity contribution in [2.75, 3.05) is 5.32 Å². The van der Waals surface area contributed by atoms with E-state index in [0.29, 0.717) is 11.5 Å². The van der Waals surface area contributed by atoms with Gasteiger partial charge >= 0.3 is 0 Å². The van der Waals surface area contributed by atoms with Gasteiger partial charge in [-0.1, -0.05) is 32.4 Å². The Kier molecular flexibility index (Phi) is 2.77. The second kappa shape index (κ2) is 4.30. The van der Waals surface area contributed by atoms with E-state index >= 15 is 0 Å². The van der Waals surface area contributed by atoms with Crippen molar-refractivity contribution in [1.29, 1.82) is 0 Å². The maximum Gasteiger partial charge on any atom is 0.201 e. The summed E-state index contributed by atoms with van der Waals surface area (Å²) in [5.41, 5.74) is 2.60. The number of hydrogen-bond donors (Lipinski definition) is 2. The Morgan fingerprint density at radius 2 is 2.17 bits per heavy atom. The van der Waals surface area contributed by atoms with Crippen molar-refractivity contribution in [1.82, 2.24) is 9.97 Å². The third-order valence-electron chi connectivity index (χ3n) is 3.94. The molecule has 1 aliphatic rings. The quantitative estimate of drug-likeness (QED) is 0.838. The fourth-order valence-corrected chi connectivity index (χ4v) is 3.04. The molecule has 3 heteroatoms. The van der Waals surface area contributed by atoms with Crippen LogP contribution in [0.25, 0.3) is 11.0 Å². The highest BCUT2D eigenvalue weighted by Gasteiger charge is 2.28. The first-order valence-corrected chi connectivity index (χ1v) is 6.84. The van der Waals surface area contributed by atoms with Gasteiger partial charge in [-0.2, -0.15) is 0 Å². The molecule has 1 fully saturated rings. The highest BCUT2D eigenvalue weighted by Crippen LogP contribution is 2.36. The monoisotopic (exact) mass is 243 g/mol. The lowest BCUT2D eigenvalue weighted by Gasteiger charge is -2.35. The van der Waals surface area contributed by atoms with Crippen molar-refractivity contribution in [2.45, 2.75) is 45.6 Å². The number of aromatic nitrogens is 2. The topological polar surface area (TPSA) is 40.7 Å². The zero-order valence-corrected chi connectivity index (χ0v) is 11.2. The van der Waals surface area contributed by atoms with E-state index in [9.17, 15) is 0 Å². The molecule has 0 amide bonds. The van der Waals surface area contributed by atoms with Gasteiger partial charge in [0.2, 0.25) is 5.95 Å². The third kappa shape index (κ3) is 2.35. The van der Waals surface area contributed by atoms with Gasteiger partial charge in [0.1, 0.15) is 0 Å². The first-order valence-electron chi connectivity index (χ1n) is 6.84. The van der Waals surface area contributed by atoms with Crippen LogP contribution in [0.5, 0.6) is 0 Å². The molecule has 1 saturated carbocycles. The van der Waals surface area contributed by atoms with Crippen molar-refractivity contribution >= 4 is 17.0 Å². The SMILES string of the molecule is CC1(C)CCCC(Nc2nc3ccccc3[nH]2)C1.